The van der Waals surface area contributed by atoms with Crippen molar-refractivity contribution < 1.29 is 27.6 Å². The summed E-state index contributed by atoms with van der Waals surface area (Å²) in [7, 11) is -3.00. The summed E-state index contributed by atoms with van der Waals surface area (Å²) in [6.07, 6.45) is -0.571. The molecule has 2 aromatic rings. The molecule has 0 saturated heterocycles. The van der Waals surface area contributed by atoms with E-state index < -0.39 is 44.1 Å². The van der Waals surface area contributed by atoms with Gasteiger partial charge < -0.3 is 9.47 Å². The Morgan fingerprint density at radius 1 is 1.22 bits per heavy atom. The predicted octanol–water partition coefficient (Wildman–Crippen LogP) is 2.19. The molecule has 144 valence electrons. The van der Waals surface area contributed by atoms with Crippen LogP contribution in [0.15, 0.2) is 53.4 Å². The summed E-state index contributed by atoms with van der Waals surface area (Å²) in [6.45, 7) is 0.985. The zero-order valence-corrected chi connectivity index (χ0v) is 15.4. The van der Waals surface area contributed by atoms with Gasteiger partial charge in [0.1, 0.15) is 18.4 Å². The van der Waals surface area contributed by atoms with Crippen molar-refractivity contribution in [3.63, 3.8) is 0 Å². The van der Waals surface area contributed by atoms with Crippen LogP contribution in [0.2, 0.25) is 0 Å². The summed E-state index contributed by atoms with van der Waals surface area (Å²) in [6, 6.07) is 12.2. The molecule has 0 aliphatic carbocycles. The Labute approximate surface area is 156 Å². The van der Waals surface area contributed by atoms with Gasteiger partial charge in [0, 0.05) is 0 Å². The largest absolute Gasteiger partial charge is 0.497 e. The number of sulfonamides is 1. The maximum Gasteiger partial charge on any atom is 0.321 e. The first-order chi connectivity index (χ1) is 12.7. The number of rotatable bonds is 8. The third-order valence-electron chi connectivity index (χ3n) is 3.64. The first kappa shape index (κ1) is 20.3. The van der Waals surface area contributed by atoms with Crippen LogP contribution in [0.4, 0.5) is 5.69 Å². The van der Waals surface area contributed by atoms with Gasteiger partial charge in [0.2, 0.25) is 10.0 Å². The van der Waals surface area contributed by atoms with E-state index in [1.165, 1.54) is 13.2 Å². The van der Waals surface area contributed by atoms with Crippen LogP contribution in [0.25, 0.3) is 0 Å². The molecule has 0 spiro atoms. The second-order valence-corrected chi connectivity index (χ2v) is 7.19. The van der Waals surface area contributed by atoms with Gasteiger partial charge in [-0.05, 0) is 24.6 Å². The van der Waals surface area contributed by atoms with Crippen LogP contribution in [0.1, 0.15) is 18.6 Å². The van der Waals surface area contributed by atoms with Gasteiger partial charge in [-0.25, -0.2) is 8.42 Å². The molecule has 0 bridgehead atoms. The number of ether oxygens (including phenoxy) is 2. The highest BCUT2D eigenvalue weighted by atomic mass is 32.2. The molecular formula is C17H18N2O7S. The second-order valence-electron chi connectivity index (χ2n) is 5.46. The first-order valence-electron chi connectivity index (χ1n) is 7.81. The van der Waals surface area contributed by atoms with Crippen LogP contribution in [0.5, 0.6) is 5.75 Å². The molecule has 0 heterocycles. The lowest BCUT2D eigenvalue weighted by molar-refractivity contribution is -0.387. The smallest absolute Gasteiger partial charge is 0.321 e. The average molecular weight is 394 g/mol. The minimum absolute atomic E-state index is 0.136. The molecule has 0 aliphatic rings. The van der Waals surface area contributed by atoms with Gasteiger partial charge in [0.05, 0.1) is 18.1 Å². The third kappa shape index (κ3) is 5.25. The molecule has 1 N–H and O–H groups in total. The number of hydrogen-bond acceptors (Lipinski definition) is 7. The first-order valence-corrected chi connectivity index (χ1v) is 9.29. The van der Waals surface area contributed by atoms with Crippen molar-refractivity contribution in [1.82, 2.24) is 4.72 Å². The highest BCUT2D eigenvalue weighted by Gasteiger charge is 2.27. The van der Waals surface area contributed by atoms with Gasteiger partial charge >= 0.3 is 5.97 Å². The van der Waals surface area contributed by atoms with Crippen LogP contribution < -0.4 is 9.46 Å². The van der Waals surface area contributed by atoms with Crippen molar-refractivity contribution in [2.75, 3.05) is 13.7 Å². The number of hydrogen-bond donors (Lipinski definition) is 1. The van der Waals surface area contributed by atoms with Gasteiger partial charge in [-0.15, -0.1) is 0 Å². The summed E-state index contributed by atoms with van der Waals surface area (Å²) in [5.74, 6) is -0.678. The molecule has 9 nitrogen and oxygen atoms in total. The average Bonchev–Trinajstić information content (AvgIpc) is 2.66. The number of nitrogens with zero attached hydrogens (tertiary/aromatic N) is 1. The normalized spacial score (nSPS) is 12.2. The van der Waals surface area contributed by atoms with Gasteiger partial charge in [-0.3, -0.25) is 14.9 Å². The van der Waals surface area contributed by atoms with Crippen LogP contribution in [-0.4, -0.2) is 33.0 Å². The zero-order valence-electron chi connectivity index (χ0n) is 14.6. The third-order valence-corrected chi connectivity index (χ3v) is 5.08. The van der Waals surface area contributed by atoms with E-state index in [4.69, 9.17) is 9.47 Å². The maximum absolute atomic E-state index is 12.4. The van der Waals surface area contributed by atoms with E-state index in [9.17, 15) is 23.3 Å². The number of carbonyl (C=O) groups excluding carboxylic acids is 1. The Morgan fingerprint density at radius 2 is 1.89 bits per heavy atom. The molecule has 0 aromatic heterocycles. The number of benzene rings is 2. The lowest BCUT2D eigenvalue weighted by Crippen LogP contribution is -2.31. The lowest BCUT2D eigenvalue weighted by atomic mass is 10.1. The summed E-state index contributed by atoms with van der Waals surface area (Å²) >= 11 is 0. The maximum atomic E-state index is 12.4. The molecular weight excluding hydrogens is 376 g/mol. The minimum atomic E-state index is -4.30. The summed E-state index contributed by atoms with van der Waals surface area (Å²) < 4.78 is 36.7. The van der Waals surface area contributed by atoms with E-state index in [0.29, 0.717) is 0 Å². The zero-order chi connectivity index (χ0) is 20.0. The molecule has 27 heavy (non-hydrogen) atoms. The Bertz CT molecular complexity index is 930. The number of nitro benzene ring substituents is 1. The van der Waals surface area contributed by atoms with Crippen molar-refractivity contribution >= 4 is 21.7 Å². The Kier molecular flexibility index (Phi) is 6.48. The highest BCUT2D eigenvalue weighted by Crippen LogP contribution is 2.28. The fourth-order valence-corrected chi connectivity index (χ4v) is 3.38. The minimum Gasteiger partial charge on any atom is -0.497 e. The summed E-state index contributed by atoms with van der Waals surface area (Å²) in [4.78, 5) is 21.7. The number of esters is 1. The molecule has 0 radical (unpaired) electrons. The molecule has 2 aromatic carbocycles. The Hall–Kier alpha value is -2.98. The molecule has 0 amide bonds. The Morgan fingerprint density at radius 3 is 2.48 bits per heavy atom. The summed E-state index contributed by atoms with van der Waals surface area (Å²) in [5.41, 5.74) is 0.0902. The SMILES string of the molecule is COc1ccc(S(=O)(=O)NCC(=O)O[C@H](C)c2ccccc2)c([N+](=O)[O-])c1. The fourth-order valence-electron chi connectivity index (χ4n) is 2.26. The van der Waals surface area contributed by atoms with E-state index in [-0.39, 0.29) is 5.75 Å². The van der Waals surface area contributed by atoms with Gasteiger partial charge in [0.25, 0.3) is 5.69 Å². The van der Waals surface area contributed by atoms with E-state index in [2.05, 4.69) is 0 Å². The van der Waals surface area contributed by atoms with E-state index in [1.807, 2.05) is 10.8 Å². The number of nitro groups is 1. The van der Waals surface area contributed by atoms with Crippen molar-refractivity contribution in [1.29, 1.82) is 0 Å². The van der Waals surface area contributed by atoms with Crippen LogP contribution in [0.3, 0.4) is 0 Å². The number of methoxy groups -OCH3 is 1. The van der Waals surface area contributed by atoms with Gasteiger partial charge in [-0.2, -0.15) is 4.72 Å². The van der Waals surface area contributed by atoms with Crippen LogP contribution in [0, 0.1) is 10.1 Å². The lowest BCUT2D eigenvalue weighted by Gasteiger charge is -2.14. The van der Waals surface area contributed by atoms with Gasteiger partial charge in [-0.1, -0.05) is 30.3 Å². The van der Waals surface area contributed by atoms with Gasteiger partial charge in [0.15, 0.2) is 4.90 Å². The van der Waals surface area contributed by atoms with E-state index in [0.717, 1.165) is 17.7 Å². The van der Waals surface area contributed by atoms with Crippen molar-refractivity contribution in [2.45, 2.75) is 17.9 Å². The Balaban J connectivity index is 2.08. The van der Waals surface area contributed by atoms with Crippen LogP contribution in [-0.2, 0) is 19.6 Å². The molecule has 2 rings (SSSR count). The van der Waals surface area contributed by atoms with E-state index >= 15 is 0 Å². The molecule has 0 fully saturated rings. The number of nitrogens with one attached hydrogen (secondary N) is 1. The topological polar surface area (TPSA) is 125 Å². The van der Waals surface area contributed by atoms with E-state index in [1.54, 1.807) is 31.2 Å². The number of carbonyl (C=O) groups is 1. The van der Waals surface area contributed by atoms with Crippen molar-refractivity contribution in [3.8, 4) is 5.75 Å². The quantitative estimate of drug-likeness (QED) is 0.413. The fraction of sp³-hybridized carbons (Fsp3) is 0.235. The summed E-state index contributed by atoms with van der Waals surface area (Å²) in [5, 5.41) is 11.1. The molecule has 0 unspecified atom stereocenters. The molecule has 0 aliphatic heterocycles. The van der Waals surface area contributed by atoms with Crippen LogP contribution >= 0.6 is 0 Å². The molecule has 0 saturated carbocycles. The second kappa shape index (κ2) is 8.60. The molecule has 10 heteroatoms. The molecule has 1 atom stereocenters. The monoisotopic (exact) mass is 394 g/mol. The van der Waals surface area contributed by atoms with Crippen molar-refractivity contribution in [3.05, 3.63) is 64.2 Å². The highest BCUT2D eigenvalue weighted by molar-refractivity contribution is 7.89. The standard InChI is InChI=1S/C17H18N2O7S/c1-12(13-6-4-3-5-7-13)26-17(20)11-18-27(23,24)16-9-8-14(25-2)10-15(16)19(21)22/h3-10,12,18H,11H2,1-2H3/t12-/m1/s1. The predicted molar refractivity (Wildman–Crippen MR) is 95.8 cm³/mol. The van der Waals surface area contributed by atoms with Crippen molar-refractivity contribution in [2.24, 2.45) is 0 Å².